The molecule has 19 heavy (non-hydrogen) atoms. The molecule has 0 amide bonds. The molecule has 104 valence electrons. The molecule has 0 spiro atoms. The number of para-hydroxylation sites is 1. The van der Waals surface area contributed by atoms with E-state index in [1.165, 1.54) is 23.2 Å². The highest BCUT2D eigenvalue weighted by molar-refractivity contribution is 8.14. The number of nitrogens with zero attached hydrogens (tertiary/aromatic N) is 1. The zero-order chi connectivity index (χ0) is 13.8. The molecule has 1 atom stereocenters. The molecule has 1 aromatic carbocycles. The number of thioether (sulfide) groups is 1. The predicted octanol–water partition coefficient (Wildman–Crippen LogP) is 4.49. The Labute approximate surface area is 121 Å². The lowest BCUT2D eigenvalue weighted by Gasteiger charge is -2.13. The van der Waals surface area contributed by atoms with Gasteiger partial charge in [0.2, 0.25) is 0 Å². The van der Waals surface area contributed by atoms with Gasteiger partial charge in [-0.2, -0.15) is 0 Å². The monoisotopic (exact) mass is 276 g/mol. The molecule has 1 aromatic rings. The van der Waals surface area contributed by atoms with Crippen LogP contribution in [0.3, 0.4) is 0 Å². The summed E-state index contributed by atoms with van der Waals surface area (Å²) < 4.78 is 0. The van der Waals surface area contributed by atoms with Crippen molar-refractivity contribution in [3.05, 3.63) is 29.3 Å². The van der Waals surface area contributed by atoms with Crippen molar-refractivity contribution < 1.29 is 0 Å². The minimum Gasteiger partial charge on any atom is -0.335 e. The Morgan fingerprint density at radius 2 is 2.21 bits per heavy atom. The molecule has 0 fully saturated rings. The number of benzene rings is 1. The number of aryl methyl sites for hydroxylation is 2. The van der Waals surface area contributed by atoms with Gasteiger partial charge in [0.1, 0.15) is 0 Å². The first-order chi connectivity index (χ1) is 9.10. The van der Waals surface area contributed by atoms with E-state index in [1.54, 1.807) is 0 Å². The Kier molecular flexibility index (Phi) is 4.92. The highest BCUT2D eigenvalue weighted by atomic mass is 32.2. The first-order valence-electron chi connectivity index (χ1n) is 7.16. The average Bonchev–Trinajstić information content (AvgIpc) is 2.78. The van der Waals surface area contributed by atoms with Crippen molar-refractivity contribution in [3.8, 4) is 0 Å². The van der Waals surface area contributed by atoms with Crippen LogP contribution in [0.25, 0.3) is 0 Å². The number of aliphatic imine (C=N–C) groups is 1. The van der Waals surface area contributed by atoms with Crippen LogP contribution in [0, 0.1) is 12.8 Å². The third-order valence-corrected chi connectivity index (χ3v) is 4.46. The minimum absolute atomic E-state index is 0.488. The minimum atomic E-state index is 0.488. The largest absolute Gasteiger partial charge is 0.335 e. The lowest BCUT2D eigenvalue weighted by molar-refractivity contribution is 0.529. The summed E-state index contributed by atoms with van der Waals surface area (Å²) in [5, 5.41) is 4.64. The maximum absolute atomic E-state index is 4.81. The fourth-order valence-corrected chi connectivity index (χ4v) is 3.42. The molecule has 3 heteroatoms. The first kappa shape index (κ1) is 14.4. The van der Waals surface area contributed by atoms with Gasteiger partial charge in [-0.25, -0.2) is 0 Å². The van der Waals surface area contributed by atoms with Crippen molar-refractivity contribution in [2.24, 2.45) is 10.9 Å². The maximum Gasteiger partial charge on any atom is 0.161 e. The number of nitrogens with one attached hydrogen (secondary N) is 1. The molecular formula is C16H24N2S. The molecule has 1 N–H and O–H groups in total. The number of hydrogen-bond donors (Lipinski definition) is 1. The van der Waals surface area contributed by atoms with Crippen LogP contribution in [0.15, 0.2) is 23.2 Å². The first-order valence-corrected chi connectivity index (χ1v) is 8.14. The van der Waals surface area contributed by atoms with E-state index in [0.717, 1.165) is 23.3 Å². The molecule has 1 heterocycles. The lowest BCUT2D eigenvalue weighted by Crippen LogP contribution is -2.09. The van der Waals surface area contributed by atoms with E-state index in [0.29, 0.717) is 6.04 Å². The Balaban J connectivity index is 2.10. The molecule has 0 radical (unpaired) electrons. The van der Waals surface area contributed by atoms with Crippen LogP contribution in [0.5, 0.6) is 0 Å². The Bertz CT molecular complexity index is 466. The topological polar surface area (TPSA) is 24.4 Å². The summed E-state index contributed by atoms with van der Waals surface area (Å²) in [5.41, 5.74) is 3.92. The summed E-state index contributed by atoms with van der Waals surface area (Å²) in [7, 11) is 0. The van der Waals surface area contributed by atoms with E-state index in [4.69, 9.17) is 4.99 Å². The molecular weight excluding hydrogens is 252 g/mol. The van der Waals surface area contributed by atoms with E-state index in [-0.39, 0.29) is 0 Å². The van der Waals surface area contributed by atoms with E-state index < -0.39 is 0 Å². The van der Waals surface area contributed by atoms with Crippen LogP contribution in [-0.4, -0.2) is 17.0 Å². The predicted molar refractivity (Wildman–Crippen MR) is 87.3 cm³/mol. The second-order valence-corrected chi connectivity index (χ2v) is 6.62. The van der Waals surface area contributed by atoms with Crippen molar-refractivity contribution >= 4 is 22.6 Å². The zero-order valence-corrected chi connectivity index (χ0v) is 13.2. The van der Waals surface area contributed by atoms with E-state index >= 15 is 0 Å². The summed E-state index contributed by atoms with van der Waals surface area (Å²) in [4.78, 5) is 4.81. The molecule has 1 aliphatic heterocycles. The standard InChI is InChI=1S/C16H24N2S/c1-5-13-8-6-7-12(4)15(13)18-16-17-14(10-19-16)9-11(2)3/h6-8,11,14H,5,9-10H2,1-4H3,(H,17,18). The van der Waals surface area contributed by atoms with Crippen molar-refractivity contribution in [2.45, 2.75) is 46.6 Å². The van der Waals surface area contributed by atoms with Gasteiger partial charge in [0, 0.05) is 11.4 Å². The molecule has 0 saturated carbocycles. The maximum atomic E-state index is 4.81. The molecule has 0 aromatic heterocycles. The highest BCUT2D eigenvalue weighted by Crippen LogP contribution is 2.27. The van der Waals surface area contributed by atoms with Gasteiger partial charge in [0.25, 0.3) is 0 Å². The van der Waals surface area contributed by atoms with Crippen LogP contribution in [-0.2, 0) is 6.42 Å². The number of hydrogen-bond acceptors (Lipinski definition) is 3. The van der Waals surface area contributed by atoms with Crippen LogP contribution >= 0.6 is 11.8 Å². The van der Waals surface area contributed by atoms with E-state index in [9.17, 15) is 0 Å². The smallest absolute Gasteiger partial charge is 0.161 e. The Morgan fingerprint density at radius 1 is 1.42 bits per heavy atom. The summed E-state index contributed by atoms with van der Waals surface area (Å²) >= 11 is 1.85. The molecule has 1 aliphatic rings. The zero-order valence-electron chi connectivity index (χ0n) is 12.4. The molecule has 1 unspecified atom stereocenters. The van der Waals surface area contributed by atoms with E-state index in [2.05, 4.69) is 51.2 Å². The van der Waals surface area contributed by atoms with Gasteiger partial charge in [-0.05, 0) is 36.8 Å². The van der Waals surface area contributed by atoms with Crippen molar-refractivity contribution in [1.82, 2.24) is 0 Å². The van der Waals surface area contributed by atoms with Crippen LogP contribution < -0.4 is 5.32 Å². The van der Waals surface area contributed by atoms with Gasteiger partial charge in [0.05, 0.1) is 6.04 Å². The van der Waals surface area contributed by atoms with Gasteiger partial charge in [-0.3, -0.25) is 4.99 Å². The van der Waals surface area contributed by atoms with Crippen LogP contribution in [0.4, 0.5) is 5.69 Å². The van der Waals surface area contributed by atoms with Crippen molar-refractivity contribution in [1.29, 1.82) is 0 Å². The molecule has 0 bridgehead atoms. The normalized spacial score (nSPS) is 18.8. The van der Waals surface area contributed by atoms with Gasteiger partial charge in [0.15, 0.2) is 5.17 Å². The fraction of sp³-hybridized carbons (Fsp3) is 0.562. The van der Waals surface area contributed by atoms with Gasteiger partial charge in [-0.15, -0.1) is 0 Å². The number of rotatable bonds is 4. The van der Waals surface area contributed by atoms with E-state index in [1.807, 2.05) is 11.8 Å². The molecule has 2 rings (SSSR count). The summed E-state index contributed by atoms with van der Waals surface area (Å²) in [6.45, 7) is 8.89. The number of anilines is 1. The van der Waals surface area contributed by atoms with Crippen molar-refractivity contribution in [3.63, 3.8) is 0 Å². The van der Waals surface area contributed by atoms with Crippen molar-refractivity contribution in [2.75, 3.05) is 11.1 Å². The lowest BCUT2D eigenvalue weighted by atomic mass is 10.1. The average molecular weight is 276 g/mol. The number of amidine groups is 1. The summed E-state index contributed by atoms with van der Waals surface area (Å²) in [6.07, 6.45) is 2.24. The van der Waals surface area contributed by atoms with Crippen LogP contribution in [0.2, 0.25) is 0 Å². The SMILES string of the molecule is CCc1cccc(C)c1NC1=NC(CC(C)C)CS1. The third-order valence-electron chi connectivity index (χ3n) is 3.43. The third kappa shape index (κ3) is 3.75. The Hall–Kier alpha value is -0.960. The Morgan fingerprint density at radius 3 is 2.89 bits per heavy atom. The molecule has 2 nitrogen and oxygen atoms in total. The van der Waals surface area contributed by atoms with Gasteiger partial charge >= 0.3 is 0 Å². The summed E-state index contributed by atoms with van der Waals surface area (Å²) in [6, 6.07) is 6.97. The quantitative estimate of drug-likeness (QED) is 0.876. The van der Waals surface area contributed by atoms with Crippen LogP contribution in [0.1, 0.15) is 38.3 Å². The molecule has 0 aliphatic carbocycles. The fourth-order valence-electron chi connectivity index (χ4n) is 2.46. The van der Waals surface area contributed by atoms with Gasteiger partial charge < -0.3 is 5.32 Å². The molecule has 0 saturated heterocycles. The second-order valence-electron chi connectivity index (χ2n) is 5.62. The summed E-state index contributed by atoms with van der Waals surface area (Å²) in [5.74, 6) is 1.84. The van der Waals surface area contributed by atoms with Gasteiger partial charge in [-0.1, -0.05) is 50.7 Å². The highest BCUT2D eigenvalue weighted by Gasteiger charge is 2.20. The second kappa shape index (κ2) is 6.47.